The van der Waals surface area contributed by atoms with Crippen LogP contribution in [-0.4, -0.2) is 47.3 Å². The van der Waals surface area contributed by atoms with Crippen molar-refractivity contribution in [2.24, 2.45) is 5.92 Å². The maximum absolute atomic E-state index is 12.6. The molecule has 1 atom stereocenters. The summed E-state index contributed by atoms with van der Waals surface area (Å²) in [6.07, 6.45) is -4.29. The Morgan fingerprint density at radius 2 is 2.12 bits per heavy atom. The summed E-state index contributed by atoms with van der Waals surface area (Å²) in [5.41, 5.74) is 0. The maximum atomic E-state index is 12.6. The minimum Gasteiger partial charge on any atom is -0.481 e. The first-order valence-corrected chi connectivity index (χ1v) is 4.40. The lowest BCUT2D eigenvalue weighted by Crippen LogP contribution is -2.42. The van der Waals surface area contributed by atoms with Crippen LogP contribution in [-0.2, 0) is 9.59 Å². The van der Waals surface area contributed by atoms with E-state index in [0.717, 1.165) is 0 Å². The zero-order chi connectivity index (χ0) is 12.5. The van der Waals surface area contributed by atoms with Crippen molar-refractivity contribution in [3.8, 4) is 0 Å². The molecule has 1 heterocycles. The van der Waals surface area contributed by atoms with Gasteiger partial charge in [-0.25, -0.2) is 8.78 Å². The number of aliphatic carboxylic acids is 1. The van der Waals surface area contributed by atoms with Crippen LogP contribution in [0, 0.1) is 5.92 Å². The molecule has 1 aliphatic rings. The van der Waals surface area contributed by atoms with E-state index in [1.54, 1.807) is 0 Å². The molecule has 1 N–H and O–H groups in total. The minimum absolute atomic E-state index is 0.422. The molecular formula is C8H9F4NO3. The topological polar surface area (TPSA) is 57.6 Å². The van der Waals surface area contributed by atoms with Crippen LogP contribution < -0.4 is 0 Å². The Morgan fingerprint density at radius 3 is 2.50 bits per heavy atom. The second-order valence-electron chi connectivity index (χ2n) is 3.58. The molecule has 1 aliphatic heterocycles. The van der Waals surface area contributed by atoms with Gasteiger partial charge in [-0.2, -0.15) is 8.78 Å². The molecule has 0 aliphatic carbocycles. The van der Waals surface area contributed by atoms with Crippen molar-refractivity contribution in [3.05, 3.63) is 0 Å². The Morgan fingerprint density at radius 1 is 1.56 bits per heavy atom. The molecule has 16 heavy (non-hydrogen) atoms. The van der Waals surface area contributed by atoms with Crippen LogP contribution in [0.4, 0.5) is 17.6 Å². The van der Waals surface area contributed by atoms with Crippen LogP contribution in [0.25, 0.3) is 0 Å². The van der Waals surface area contributed by atoms with Gasteiger partial charge >= 0.3 is 18.3 Å². The van der Waals surface area contributed by atoms with Crippen molar-refractivity contribution >= 4 is 11.9 Å². The lowest BCUT2D eigenvalue weighted by molar-refractivity contribution is -0.153. The number of carboxylic acid groups (broad SMARTS) is 1. The maximum Gasteiger partial charge on any atom is 0.324 e. The fraction of sp³-hybridized carbons (Fsp3) is 0.750. The van der Waals surface area contributed by atoms with E-state index in [-0.39, 0.29) is 0 Å². The van der Waals surface area contributed by atoms with E-state index < -0.39 is 49.7 Å². The van der Waals surface area contributed by atoms with E-state index in [1.807, 2.05) is 0 Å². The molecule has 1 saturated heterocycles. The van der Waals surface area contributed by atoms with Gasteiger partial charge < -0.3 is 10.0 Å². The van der Waals surface area contributed by atoms with Crippen LogP contribution >= 0.6 is 0 Å². The highest BCUT2D eigenvalue weighted by atomic mass is 19.3. The van der Waals surface area contributed by atoms with E-state index in [2.05, 4.69) is 0 Å². The molecule has 1 amide bonds. The zero-order valence-electron chi connectivity index (χ0n) is 8.00. The number of likely N-dealkylation sites (tertiary alicyclic amines) is 1. The highest BCUT2D eigenvalue weighted by Gasteiger charge is 2.46. The third-order valence-electron chi connectivity index (χ3n) is 2.28. The Labute approximate surface area is 87.8 Å². The summed E-state index contributed by atoms with van der Waals surface area (Å²) in [4.78, 5) is 22.0. The highest BCUT2D eigenvalue weighted by Crippen LogP contribution is 2.27. The standard InChI is InChI=1S/C8H9F4NO3/c9-7(10)8(11,12)3-13-2-4(6(15)16)1-5(13)14/h4,7H,1-3H2,(H,15,16). The predicted molar refractivity (Wildman–Crippen MR) is 43.3 cm³/mol. The normalized spacial score (nSPS) is 21.9. The van der Waals surface area contributed by atoms with E-state index in [0.29, 0.717) is 4.90 Å². The molecule has 0 aromatic heterocycles. The Bertz CT molecular complexity index is 308. The number of carbonyl (C=O) groups excluding carboxylic acids is 1. The van der Waals surface area contributed by atoms with Gasteiger partial charge in [0.2, 0.25) is 5.91 Å². The fourth-order valence-corrected chi connectivity index (χ4v) is 1.41. The van der Waals surface area contributed by atoms with Crippen LogP contribution in [0.5, 0.6) is 0 Å². The van der Waals surface area contributed by atoms with E-state index in [1.165, 1.54) is 0 Å². The van der Waals surface area contributed by atoms with Crippen LogP contribution in [0.2, 0.25) is 0 Å². The second kappa shape index (κ2) is 4.26. The summed E-state index contributed by atoms with van der Waals surface area (Å²) in [6.45, 7) is -1.89. The summed E-state index contributed by atoms with van der Waals surface area (Å²) < 4.78 is 48.9. The van der Waals surface area contributed by atoms with Crippen LogP contribution in [0.1, 0.15) is 6.42 Å². The lowest BCUT2D eigenvalue weighted by Gasteiger charge is -2.22. The molecule has 1 rings (SSSR count). The van der Waals surface area contributed by atoms with Crippen molar-refractivity contribution in [1.82, 2.24) is 4.90 Å². The minimum atomic E-state index is -4.30. The Hall–Kier alpha value is -1.34. The monoisotopic (exact) mass is 243 g/mol. The lowest BCUT2D eigenvalue weighted by atomic mass is 10.1. The van der Waals surface area contributed by atoms with Gasteiger partial charge in [-0.15, -0.1) is 0 Å². The van der Waals surface area contributed by atoms with E-state index in [9.17, 15) is 27.2 Å². The van der Waals surface area contributed by atoms with Gasteiger partial charge in [0, 0.05) is 13.0 Å². The number of carbonyl (C=O) groups is 2. The summed E-state index contributed by atoms with van der Waals surface area (Å²) in [6, 6.07) is 0. The third kappa shape index (κ3) is 2.61. The van der Waals surface area contributed by atoms with Crippen LogP contribution in [0.15, 0.2) is 0 Å². The van der Waals surface area contributed by atoms with Crippen molar-refractivity contribution in [2.45, 2.75) is 18.8 Å². The first-order valence-electron chi connectivity index (χ1n) is 4.40. The molecule has 4 nitrogen and oxygen atoms in total. The number of carboxylic acids is 1. The summed E-state index contributed by atoms with van der Waals surface area (Å²) in [5.74, 6) is -7.53. The summed E-state index contributed by atoms with van der Waals surface area (Å²) in [5, 5.41) is 8.54. The average molecular weight is 243 g/mol. The molecule has 0 spiro atoms. The molecule has 0 aromatic carbocycles. The number of hydrogen-bond donors (Lipinski definition) is 1. The zero-order valence-corrected chi connectivity index (χ0v) is 8.00. The Balaban J connectivity index is 2.63. The first-order chi connectivity index (χ1) is 7.24. The number of alkyl halides is 4. The van der Waals surface area contributed by atoms with E-state index in [4.69, 9.17) is 5.11 Å². The number of rotatable bonds is 4. The third-order valence-corrected chi connectivity index (χ3v) is 2.28. The average Bonchev–Trinajstić information content (AvgIpc) is 2.47. The molecule has 0 radical (unpaired) electrons. The fourth-order valence-electron chi connectivity index (χ4n) is 1.41. The predicted octanol–water partition coefficient (Wildman–Crippen LogP) is 0.820. The van der Waals surface area contributed by atoms with E-state index >= 15 is 0 Å². The number of hydrogen-bond acceptors (Lipinski definition) is 2. The molecule has 0 saturated carbocycles. The molecule has 8 heteroatoms. The highest BCUT2D eigenvalue weighted by molar-refractivity contribution is 5.86. The second-order valence-corrected chi connectivity index (χ2v) is 3.58. The van der Waals surface area contributed by atoms with Crippen molar-refractivity contribution in [2.75, 3.05) is 13.1 Å². The Kier molecular flexibility index (Phi) is 3.39. The largest absolute Gasteiger partial charge is 0.481 e. The smallest absolute Gasteiger partial charge is 0.324 e. The van der Waals surface area contributed by atoms with Gasteiger partial charge in [0.15, 0.2) is 0 Å². The number of nitrogens with zero attached hydrogens (tertiary/aromatic N) is 1. The number of amides is 1. The first kappa shape index (κ1) is 12.7. The molecule has 1 unspecified atom stereocenters. The molecule has 0 aromatic rings. The van der Waals surface area contributed by atoms with Gasteiger partial charge in [0.1, 0.15) is 0 Å². The number of halogens is 4. The van der Waals surface area contributed by atoms with Gasteiger partial charge in [0.05, 0.1) is 12.5 Å². The molecule has 92 valence electrons. The molecule has 1 fully saturated rings. The van der Waals surface area contributed by atoms with Gasteiger partial charge in [0.25, 0.3) is 0 Å². The SMILES string of the molecule is O=C(O)C1CC(=O)N(CC(F)(F)C(F)F)C1. The van der Waals surface area contributed by atoms with Crippen molar-refractivity contribution < 1.29 is 32.3 Å². The van der Waals surface area contributed by atoms with Gasteiger partial charge in [-0.05, 0) is 0 Å². The van der Waals surface area contributed by atoms with Gasteiger partial charge in [-0.3, -0.25) is 9.59 Å². The summed E-state index contributed by atoms with van der Waals surface area (Å²) >= 11 is 0. The molecular weight excluding hydrogens is 234 g/mol. The molecule has 0 bridgehead atoms. The quantitative estimate of drug-likeness (QED) is 0.744. The summed E-state index contributed by atoms with van der Waals surface area (Å²) in [7, 11) is 0. The van der Waals surface area contributed by atoms with Crippen molar-refractivity contribution in [1.29, 1.82) is 0 Å². The van der Waals surface area contributed by atoms with Crippen molar-refractivity contribution in [3.63, 3.8) is 0 Å². The van der Waals surface area contributed by atoms with Crippen LogP contribution in [0.3, 0.4) is 0 Å². The van der Waals surface area contributed by atoms with Gasteiger partial charge in [-0.1, -0.05) is 0 Å².